The van der Waals surface area contributed by atoms with Crippen molar-refractivity contribution in [2.24, 2.45) is 0 Å². The first-order valence-electron chi connectivity index (χ1n) is 8.82. The van der Waals surface area contributed by atoms with Crippen LogP contribution in [0.15, 0.2) is 60.7 Å². The van der Waals surface area contributed by atoms with E-state index >= 15 is 0 Å². The highest BCUT2D eigenvalue weighted by Crippen LogP contribution is 2.31. The highest BCUT2D eigenvalue weighted by Gasteiger charge is 2.16. The number of pyridine rings is 1. The molecule has 0 amide bonds. The Kier molecular flexibility index (Phi) is 4.14. The molecule has 3 nitrogen and oxygen atoms in total. The molecule has 25 heavy (non-hydrogen) atoms. The van der Waals surface area contributed by atoms with Crippen LogP contribution < -0.4 is 4.90 Å². The zero-order valence-corrected chi connectivity index (χ0v) is 14.4. The second-order valence-electron chi connectivity index (χ2n) is 6.71. The van der Waals surface area contributed by atoms with E-state index in [9.17, 15) is 5.11 Å². The number of anilines is 1. The molecule has 2 aromatic carbocycles. The average molecular weight is 330 g/mol. The minimum absolute atomic E-state index is 0.276. The lowest BCUT2D eigenvalue weighted by molar-refractivity contribution is 0.475. The fourth-order valence-corrected chi connectivity index (χ4v) is 3.32. The molecule has 3 aromatic rings. The number of phenols is 1. The second-order valence-corrected chi connectivity index (χ2v) is 6.71. The Balaban J connectivity index is 1.82. The molecule has 0 atom stereocenters. The van der Waals surface area contributed by atoms with Gasteiger partial charge in [0.25, 0.3) is 0 Å². The van der Waals surface area contributed by atoms with Gasteiger partial charge < -0.3 is 10.0 Å². The van der Waals surface area contributed by atoms with Gasteiger partial charge in [0.1, 0.15) is 11.6 Å². The first-order valence-corrected chi connectivity index (χ1v) is 8.82. The topological polar surface area (TPSA) is 36.4 Å². The molecule has 0 spiro atoms. The number of nitrogens with zero attached hydrogens (tertiary/aromatic N) is 2. The van der Waals surface area contributed by atoms with E-state index < -0.39 is 0 Å². The molecule has 0 bridgehead atoms. The summed E-state index contributed by atoms with van der Waals surface area (Å²) >= 11 is 0. The summed E-state index contributed by atoms with van der Waals surface area (Å²) in [5, 5.41) is 9.56. The quantitative estimate of drug-likeness (QED) is 0.732. The van der Waals surface area contributed by atoms with Crippen LogP contribution in [0, 0.1) is 6.92 Å². The Bertz CT molecular complexity index is 800. The minimum atomic E-state index is 0.276. The summed E-state index contributed by atoms with van der Waals surface area (Å²) in [6.45, 7) is 4.24. The number of hydrogen-bond acceptors (Lipinski definition) is 3. The molecule has 0 aliphatic carbocycles. The summed E-state index contributed by atoms with van der Waals surface area (Å²) in [5.41, 5.74) is 5.61. The fraction of sp³-hybridized carbons (Fsp3) is 0.227. The van der Waals surface area contributed by atoms with Crippen molar-refractivity contribution in [2.45, 2.75) is 19.8 Å². The Labute approximate surface area is 148 Å². The van der Waals surface area contributed by atoms with E-state index in [2.05, 4.69) is 48.2 Å². The molecule has 0 radical (unpaired) electrons. The van der Waals surface area contributed by atoms with E-state index in [4.69, 9.17) is 4.98 Å². The first kappa shape index (κ1) is 15.7. The van der Waals surface area contributed by atoms with E-state index in [0.717, 1.165) is 30.2 Å². The third-order valence-corrected chi connectivity index (χ3v) is 4.79. The van der Waals surface area contributed by atoms with E-state index in [0.29, 0.717) is 0 Å². The SMILES string of the molecule is Cc1ccc(-c2cc(-c3ccc(O)cc3)nc(N3CCCC3)c2)cc1. The van der Waals surface area contributed by atoms with Gasteiger partial charge in [-0.05, 0) is 67.3 Å². The van der Waals surface area contributed by atoms with Crippen molar-refractivity contribution in [3.63, 3.8) is 0 Å². The second kappa shape index (κ2) is 6.60. The van der Waals surface area contributed by atoms with E-state index in [1.54, 1.807) is 12.1 Å². The maximum atomic E-state index is 9.56. The summed E-state index contributed by atoms with van der Waals surface area (Å²) < 4.78 is 0. The van der Waals surface area contributed by atoms with Crippen molar-refractivity contribution >= 4 is 5.82 Å². The van der Waals surface area contributed by atoms with Crippen molar-refractivity contribution in [1.29, 1.82) is 0 Å². The van der Waals surface area contributed by atoms with Crippen molar-refractivity contribution in [1.82, 2.24) is 4.98 Å². The Morgan fingerprint density at radius 3 is 2.12 bits per heavy atom. The van der Waals surface area contributed by atoms with Gasteiger partial charge in [-0.1, -0.05) is 29.8 Å². The molecule has 1 aliphatic heterocycles. The summed E-state index contributed by atoms with van der Waals surface area (Å²) in [4.78, 5) is 7.27. The summed E-state index contributed by atoms with van der Waals surface area (Å²) in [5.74, 6) is 1.32. The molecule has 1 aliphatic rings. The molecule has 4 rings (SSSR count). The van der Waals surface area contributed by atoms with Gasteiger partial charge in [-0.2, -0.15) is 0 Å². The van der Waals surface area contributed by atoms with Crippen LogP contribution in [0.25, 0.3) is 22.4 Å². The van der Waals surface area contributed by atoms with Crippen LogP contribution in [0.3, 0.4) is 0 Å². The van der Waals surface area contributed by atoms with Crippen molar-refractivity contribution in [3.05, 3.63) is 66.2 Å². The van der Waals surface area contributed by atoms with E-state index in [-0.39, 0.29) is 5.75 Å². The average Bonchev–Trinajstić information content (AvgIpc) is 3.17. The van der Waals surface area contributed by atoms with Crippen LogP contribution in [0.5, 0.6) is 5.75 Å². The number of rotatable bonds is 3. The molecule has 1 aromatic heterocycles. The predicted octanol–water partition coefficient (Wildman–Crippen LogP) is 5.03. The fourth-order valence-electron chi connectivity index (χ4n) is 3.32. The smallest absolute Gasteiger partial charge is 0.129 e. The van der Waals surface area contributed by atoms with E-state index in [1.165, 1.54) is 29.5 Å². The Hall–Kier alpha value is -2.81. The molecule has 2 heterocycles. The van der Waals surface area contributed by atoms with Gasteiger partial charge in [-0.15, -0.1) is 0 Å². The number of phenolic OH excluding ortho intramolecular Hbond substituents is 1. The first-order chi connectivity index (χ1) is 12.2. The lowest BCUT2D eigenvalue weighted by atomic mass is 10.0. The molecule has 0 saturated carbocycles. The lowest BCUT2D eigenvalue weighted by Gasteiger charge is -2.19. The van der Waals surface area contributed by atoms with Gasteiger partial charge >= 0.3 is 0 Å². The van der Waals surface area contributed by atoms with Gasteiger partial charge in [0.05, 0.1) is 5.69 Å². The number of aryl methyl sites for hydroxylation is 1. The molecule has 1 fully saturated rings. The number of benzene rings is 2. The Morgan fingerprint density at radius 1 is 0.800 bits per heavy atom. The molecular formula is C22H22N2O. The van der Waals surface area contributed by atoms with Crippen molar-refractivity contribution in [3.8, 4) is 28.1 Å². The number of aromatic nitrogens is 1. The van der Waals surface area contributed by atoms with Crippen LogP contribution in [0.2, 0.25) is 0 Å². The predicted molar refractivity (Wildman–Crippen MR) is 103 cm³/mol. The van der Waals surface area contributed by atoms with Crippen LogP contribution in [-0.2, 0) is 0 Å². The van der Waals surface area contributed by atoms with Gasteiger partial charge in [0, 0.05) is 18.7 Å². The normalized spacial score (nSPS) is 14.0. The maximum absolute atomic E-state index is 9.56. The molecule has 1 saturated heterocycles. The monoisotopic (exact) mass is 330 g/mol. The summed E-state index contributed by atoms with van der Waals surface area (Å²) in [6.07, 6.45) is 2.45. The van der Waals surface area contributed by atoms with Crippen LogP contribution in [0.1, 0.15) is 18.4 Å². The minimum Gasteiger partial charge on any atom is -0.508 e. The lowest BCUT2D eigenvalue weighted by Crippen LogP contribution is -2.19. The number of hydrogen-bond donors (Lipinski definition) is 1. The summed E-state index contributed by atoms with van der Waals surface area (Å²) in [6, 6.07) is 20.2. The molecule has 126 valence electrons. The Morgan fingerprint density at radius 2 is 1.44 bits per heavy atom. The van der Waals surface area contributed by atoms with Crippen LogP contribution in [0.4, 0.5) is 5.82 Å². The van der Waals surface area contributed by atoms with Gasteiger partial charge in [0.2, 0.25) is 0 Å². The standard InChI is InChI=1S/C22H22N2O/c1-16-4-6-17(7-5-16)19-14-21(18-8-10-20(25)11-9-18)23-22(15-19)24-12-2-3-13-24/h4-11,14-15,25H,2-3,12-13H2,1H3. The van der Waals surface area contributed by atoms with Crippen LogP contribution >= 0.6 is 0 Å². The van der Waals surface area contributed by atoms with E-state index in [1.807, 2.05) is 12.1 Å². The van der Waals surface area contributed by atoms with Gasteiger partial charge in [-0.25, -0.2) is 4.98 Å². The third kappa shape index (κ3) is 3.36. The number of aromatic hydroxyl groups is 1. The van der Waals surface area contributed by atoms with Crippen LogP contribution in [-0.4, -0.2) is 23.2 Å². The third-order valence-electron chi connectivity index (χ3n) is 4.79. The van der Waals surface area contributed by atoms with Crippen molar-refractivity contribution < 1.29 is 5.11 Å². The summed E-state index contributed by atoms with van der Waals surface area (Å²) in [7, 11) is 0. The molecule has 0 unspecified atom stereocenters. The largest absolute Gasteiger partial charge is 0.508 e. The highest BCUT2D eigenvalue weighted by molar-refractivity contribution is 5.74. The highest BCUT2D eigenvalue weighted by atomic mass is 16.3. The zero-order valence-electron chi connectivity index (χ0n) is 14.4. The zero-order chi connectivity index (χ0) is 17.2. The van der Waals surface area contributed by atoms with Crippen molar-refractivity contribution in [2.75, 3.05) is 18.0 Å². The maximum Gasteiger partial charge on any atom is 0.129 e. The molecule has 3 heteroatoms. The van der Waals surface area contributed by atoms with Gasteiger partial charge in [-0.3, -0.25) is 0 Å². The van der Waals surface area contributed by atoms with Gasteiger partial charge in [0.15, 0.2) is 0 Å². The molecular weight excluding hydrogens is 308 g/mol. The molecule has 1 N–H and O–H groups in total.